The third-order valence-corrected chi connectivity index (χ3v) is 12.5. The summed E-state index contributed by atoms with van der Waals surface area (Å²) >= 11 is 0. The van der Waals surface area contributed by atoms with Crippen molar-refractivity contribution in [3.63, 3.8) is 0 Å². The highest BCUT2D eigenvalue weighted by Crippen LogP contribution is 2.70. The van der Waals surface area contributed by atoms with E-state index in [0.717, 1.165) is 25.7 Å². The molecule has 1 saturated carbocycles. The number of esters is 1. The molecule has 2 fully saturated rings. The third-order valence-electron chi connectivity index (χ3n) is 8.74. The molecule has 0 amide bonds. The Morgan fingerprint density at radius 3 is 1.78 bits per heavy atom. The molecule has 2 aromatic carbocycles. The number of carbonyl (C=O) groups is 1. The van der Waals surface area contributed by atoms with Gasteiger partial charge in [0, 0.05) is 25.2 Å². The van der Waals surface area contributed by atoms with Crippen molar-refractivity contribution in [1.29, 1.82) is 0 Å². The van der Waals surface area contributed by atoms with Gasteiger partial charge in [-0.25, -0.2) is 9.34 Å². The van der Waals surface area contributed by atoms with Crippen LogP contribution in [0.25, 0.3) is 0 Å². The summed E-state index contributed by atoms with van der Waals surface area (Å²) in [6, 6.07) is 21.3. The summed E-state index contributed by atoms with van der Waals surface area (Å²) in [5.41, 5.74) is 4.58. The molecule has 5 rings (SSSR count). The molecule has 0 spiro atoms. The summed E-state index contributed by atoms with van der Waals surface area (Å²) in [6.07, 6.45) is 5.73. The Labute approximate surface area is 216 Å². The molecule has 4 atom stereocenters. The summed E-state index contributed by atoms with van der Waals surface area (Å²) in [4.78, 5) is 13.2. The van der Waals surface area contributed by atoms with Crippen molar-refractivity contribution in [1.82, 2.24) is 9.34 Å². The number of methoxy groups -OCH3 is 1. The van der Waals surface area contributed by atoms with E-state index in [9.17, 15) is 4.79 Å². The molecule has 3 aliphatic rings. The Hall–Kier alpha value is -2.20. The Morgan fingerprint density at radius 2 is 1.31 bits per heavy atom. The Bertz CT molecular complexity index is 1090. The van der Waals surface area contributed by atoms with Crippen LogP contribution in [0.15, 0.2) is 71.8 Å². The minimum atomic E-state index is -3.16. The van der Waals surface area contributed by atoms with Gasteiger partial charge in [-0.3, -0.25) is 9.36 Å². The van der Waals surface area contributed by atoms with Gasteiger partial charge in [0.05, 0.1) is 18.7 Å². The minimum Gasteiger partial charge on any atom is -0.469 e. The van der Waals surface area contributed by atoms with Gasteiger partial charge >= 0.3 is 5.97 Å². The van der Waals surface area contributed by atoms with Crippen LogP contribution in [-0.4, -0.2) is 40.2 Å². The maximum atomic E-state index is 15.9. The molecule has 0 unspecified atom stereocenters. The van der Waals surface area contributed by atoms with Gasteiger partial charge in [-0.05, 0) is 50.7 Å². The van der Waals surface area contributed by atoms with E-state index in [2.05, 4.69) is 71.7 Å². The van der Waals surface area contributed by atoms with Crippen molar-refractivity contribution in [3.8, 4) is 0 Å². The van der Waals surface area contributed by atoms with Gasteiger partial charge in [0.15, 0.2) is 0 Å². The van der Waals surface area contributed by atoms with Crippen LogP contribution in [0, 0.1) is 5.92 Å². The second-order valence-corrected chi connectivity index (χ2v) is 13.7. The van der Waals surface area contributed by atoms with E-state index in [4.69, 9.17) is 4.74 Å². The number of rotatable bonds is 6. The summed E-state index contributed by atoms with van der Waals surface area (Å²) in [5.74, 6) is -0.613. The SMILES string of the molecule is COC(=O)[C@@H]1CC(C)=C(C)C[C@H]1P1(=O)N(Cc2ccccc2)[C@@H]2CCCC[C@H]2N1Cc1ccccc1. The smallest absolute Gasteiger partial charge is 0.309 e. The van der Waals surface area contributed by atoms with Gasteiger partial charge in [0.1, 0.15) is 0 Å². The van der Waals surface area contributed by atoms with Crippen LogP contribution in [0.2, 0.25) is 0 Å². The number of hydrogen-bond acceptors (Lipinski definition) is 3. The zero-order chi connectivity index (χ0) is 25.3. The van der Waals surface area contributed by atoms with Crippen LogP contribution in [-0.2, 0) is 27.2 Å². The van der Waals surface area contributed by atoms with E-state index in [0.29, 0.717) is 25.9 Å². The number of benzene rings is 2. The Balaban J connectivity index is 1.64. The molecule has 0 aromatic heterocycles. The minimum absolute atomic E-state index is 0.226. The maximum Gasteiger partial charge on any atom is 0.309 e. The van der Waals surface area contributed by atoms with E-state index in [1.54, 1.807) is 0 Å². The van der Waals surface area contributed by atoms with Gasteiger partial charge < -0.3 is 4.74 Å². The van der Waals surface area contributed by atoms with Crippen LogP contribution >= 0.6 is 7.44 Å². The monoisotopic (exact) mass is 506 g/mol. The molecule has 5 nitrogen and oxygen atoms in total. The zero-order valence-corrected chi connectivity index (χ0v) is 22.7. The van der Waals surface area contributed by atoms with Crippen molar-refractivity contribution in [2.75, 3.05) is 7.11 Å². The fourth-order valence-corrected chi connectivity index (χ4v) is 11.1. The van der Waals surface area contributed by atoms with Gasteiger partial charge in [0.2, 0.25) is 7.44 Å². The van der Waals surface area contributed by atoms with E-state index in [1.807, 2.05) is 12.1 Å². The van der Waals surface area contributed by atoms with Crippen molar-refractivity contribution >= 4 is 13.4 Å². The molecule has 1 saturated heterocycles. The number of hydrogen-bond donors (Lipinski definition) is 0. The second kappa shape index (κ2) is 10.7. The quantitative estimate of drug-likeness (QED) is 0.245. The lowest BCUT2D eigenvalue weighted by atomic mass is 9.84. The molecule has 2 aromatic rings. The van der Waals surface area contributed by atoms with Gasteiger partial charge in [-0.15, -0.1) is 0 Å². The summed E-state index contributed by atoms with van der Waals surface area (Å²) in [5, 5.41) is 0. The van der Waals surface area contributed by atoms with Crippen molar-refractivity contribution in [2.24, 2.45) is 5.92 Å². The topological polar surface area (TPSA) is 49.9 Å². The summed E-state index contributed by atoms with van der Waals surface area (Å²) in [7, 11) is -1.69. The van der Waals surface area contributed by atoms with Crippen LogP contribution in [0.4, 0.5) is 0 Å². The summed E-state index contributed by atoms with van der Waals surface area (Å²) in [6.45, 7) is 5.55. The predicted molar refractivity (Wildman–Crippen MR) is 145 cm³/mol. The van der Waals surface area contributed by atoms with Crippen LogP contribution in [0.5, 0.6) is 0 Å². The van der Waals surface area contributed by atoms with Gasteiger partial charge in [0.25, 0.3) is 0 Å². The average Bonchev–Trinajstić information content (AvgIpc) is 3.14. The first-order valence-corrected chi connectivity index (χ1v) is 15.1. The fourth-order valence-electron chi connectivity index (χ4n) is 6.73. The van der Waals surface area contributed by atoms with E-state index in [1.165, 1.54) is 29.4 Å². The lowest BCUT2D eigenvalue weighted by Crippen LogP contribution is -2.39. The highest BCUT2D eigenvalue weighted by atomic mass is 31.2. The fraction of sp³-hybridized carbons (Fsp3) is 0.500. The normalized spacial score (nSPS) is 28.6. The highest BCUT2D eigenvalue weighted by molar-refractivity contribution is 7.60. The van der Waals surface area contributed by atoms with E-state index in [-0.39, 0.29) is 29.6 Å². The number of ether oxygens (including phenoxy) is 1. The number of fused-ring (bicyclic) bond motifs is 1. The van der Waals surface area contributed by atoms with Gasteiger partial charge in [-0.2, -0.15) is 0 Å². The average molecular weight is 507 g/mol. The molecule has 1 aliphatic heterocycles. The molecular formula is C30H39N2O3P. The molecule has 192 valence electrons. The molecule has 36 heavy (non-hydrogen) atoms. The first kappa shape index (κ1) is 25.4. The zero-order valence-electron chi connectivity index (χ0n) is 21.8. The molecule has 0 radical (unpaired) electrons. The number of nitrogens with zero attached hydrogens (tertiary/aromatic N) is 2. The second-order valence-electron chi connectivity index (χ2n) is 10.8. The van der Waals surface area contributed by atoms with Crippen molar-refractivity contribution < 1.29 is 14.1 Å². The van der Waals surface area contributed by atoms with Gasteiger partial charge in [-0.1, -0.05) is 84.7 Å². The van der Waals surface area contributed by atoms with Crippen LogP contribution in [0.3, 0.4) is 0 Å². The maximum absolute atomic E-state index is 15.9. The van der Waals surface area contributed by atoms with Crippen molar-refractivity contribution in [2.45, 2.75) is 83.2 Å². The lowest BCUT2D eigenvalue weighted by molar-refractivity contribution is -0.145. The molecule has 1 heterocycles. The standard InChI is InChI=1S/C30H39N2O3P/c1-22-18-26(30(33)35-3)29(19-23(22)2)36(34)31(20-24-12-6-4-7-13-24)27-16-10-11-17-28(27)32(36)21-25-14-8-5-9-15-25/h4-9,12-15,26-29H,10-11,16-21H2,1-3H3/t26-,27-,28-,29-/m1/s1. The number of carbonyl (C=O) groups excluding carboxylic acids is 1. The van der Waals surface area contributed by atoms with E-state index >= 15 is 4.57 Å². The first-order valence-electron chi connectivity index (χ1n) is 13.4. The lowest BCUT2D eigenvalue weighted by Gasteiger charge is -2.42. The number of allylic oxidation sites excluding steroid dienone is 2. The Kier molecular flexibility index (Phi) is 7.53. The van der Waals surface area contributed by atoms with Crippen molar-refractivity contribution in [3.05, 3.63) is 82.9 Å². The van der Waals surface area contributed by atoms with Crippen LogP contribution < -0.4 is 0 Å². The molecule has 0 bridgehead atoms. The molecule has 6 heteroatoms. The predicted octanol–water partition coefficient (Wildman–Crippen LogP) is 6.80. The Morgan fingerprint density at radius 1 is 0.833 bits per heavy atom. The largest absolute Gasteiger partial charge is 0.469 e. The van der Waals surface area contributed by atoms with E-state index < -0.39 is 7.44 Å². The molecular weight excluding hydrogens is 467 g/mol. The molecule has 2 aliphatic carbocycles. The third kappa shape index (κ3) is 4.62. The summed E-state index contributed by atoms with van der Waals surface area (Å²) < 4.78 is 25.9. The highest BCUT2D eigenvalue weighted by Gasteiger charge is 2.60. The molecule has 0 N–H and O–H groups in total. The first-order chi connectivity index (χ1) is 17.4. The van der Waals surface area contributed by atoms with Crippen LogP contribution in [0.1, 0.15) is 63.5 Å².